The number of fused-ring (bicyclic) bond motifs is 2. The molecule has 144 valence electrons. The first-order valence-electron chi connectivity index (χ1n) is 8.71. The van der Waals surface area contributed by atoms with Crippen LogP contribution >= 0.6 is 11.3 Å². The quantitative estimate of drug-likeness (QED) is 0.531. The zero-order valence-electron chi connectivity index (χ0n) is 14.9. The van der Waals surface area contributed by atoms with E-state index in [0.717, 1.165) is 21.6 Å². The van der Waals surface area contributed by atoms with Gasteiger partial charge in [-0.3, -0.25) is 10.7 Å². The number of anilines is 2. The minimum atomic E-state index is -0.357. The zero-order chi connectivity index (χ0) is 19.6. The molecule has 0 fully saturated rings. The Hall–Kier alpha value is -4.05. The van der Waals surface area contributed by atoms with Crippen LogP contribution in [0.15, 0.2) is 77.3 Å². The topological polar surface area (TPSA) is 103 Å². The Bertz CT molecular complexity index is 1130. The van der Waals surface area contributed by atoms with Crippen molar-refractivity contribution in [1.82, 2.24) is 20.9 Å². The smallest absolute Gasteiger partial charge is 0.325 e. The average molecular weight is 405 g/mol. The van der Waals surface area contributed by atoms with Crippen molar-refractivity contribution in [3.63, 3.8) is 0 Å². The number of carbonyl (C=O) groups is 1. The van der Waals surface area contributed by atoms with Crippen LogP contribution in [-0.2, 0) is 0 Å². The van der Waals surface area contributed by atoms with E-state index in [-0.39, 0.29) is 6.03 Å². The van der Waals surface area contributed by atoms with E-state index in [1.165, 1.54) is 11.3 Å². The van der Waals surface area contributed by atoms with Gasteiger partial charge in [-0.15, -0.1) is 0 Å². The Balaban J connectivity index is 1.20. The summed E-state index contributed by atoms with van der Waals surface area (Å²) in [5.41, 5.74) is 8.98. The van der Waals surface area contributed by atoms with Crippen LogP contribution in [0.3, 0.4) is 0 Å². The number of para-hydroxylation sites is 1. The molecule has 9 nitrogen and oxygen atoms in total. The van der Waals surface area contributed by atoms with E-state index in [2.05, 4.69) is 31.5 Å². The Labute approximate surface area is 169 Å². The lowest BCUT2D eigenvalue weighted by Crippen LogP contribution is -2.29. The van der Waals surface area contributed by atoms with Gasteiger partial charge in [-0.05, 0) is 36.4 Å². The fourth-order valence-electron chi connectivity index (χ4n) is 2.81. The highest BCUT2D eigenvalue weighted by Crippen LogP contribution is 2.26. The summed E-state index contributed by atoms with van der Waals surface area (Å²) in [5, 5.41) is 7.63. The van der Waals surface area contributed by atoms with Crippen LogP contribution in [0, 0.1) is 0 Å². The van der Waals surface area contributed by atoms with Gasteiger partial charge in [-0.25, -0.2) is 14.8 Å². The predicted octanol–water partition coefficient (Wildman–Crippen LogP) is 3.37. The lowest BCUT2D eigenvalue weighted by atomic mass is 10.3. The van der Waals surface area contributed by atoms with Crippen molar-refractivity contribution >= 4 is 44.7 Å². The summed E-state index contributed by atoms with van der Waals surface area (Å²) in [7, 11) is 0. The number of hydrogen-bond donors (Lipinski definition) is 4. The second kappa shape index (κ2) is 7.17. The molecule has 0 spiro atoms. The van der Waals surface area contributed by atoms with Gasteiger partial charge in [0.25, 0.3) is 0 Å². The van der Waals surface area contributed by atoms with Crippen molar-refractivity contribution in [1.29, 1.82) is 0 Å². The van der Waals surface area contributed by atoms with Crippen LogP contribution in [0.1, 0.15) is 0 Å². The SMILES string of the molecule is O=C(Nc1ccc(ON2C=NC=C3NNC=C32)cc1)Nc1nc2ccccc2s1. The van der Waals surface area contributed by atoms with E-state index < -0.39 is 0 Å². The van der Waals surface area contributed by atoms with Gasteiger partial charge in [0, 0.05) is 11.9 Å². The van der Waals surface area contributed by atoms with E-state index in [1.54, 1.807) is 48.1 Å². The molecule has 0 unspecified atom stereocenters. The molecule has 4 N–H and O–H groups in total. The maximum Gasteiger partial charge on any atom is 0.325 e. The maximum absolute atomic E-state index is 12.2. The molecule has 2 aliphatic heterocycles. The minimum Gasteiger partial charge on any atom is -0.374 e. The monoisotopic (exact) mass is 405 g/mol. The molecule has 2 aliphatic rings. The fraction of sp³-hybridized carbons (Fsp3) is 0. The molecule has 5 rings (SSSR count). The number of hydrogen-bond acceptors (Lipinski definition) is 8. The number of nitrogens with one attached hydrogen (secondary N) is 4. The van der Waals surface area contributed by atoms with Crippen LogP contribution in [0.5, 0.6) is 5.75 Å². The fourth-order valence-corrected chi connectivity index (χ4v) is 3.67. The molecule has 0 radical (unpaired) electrons. The Morgan fingerprint density at radius 1 is 1.10 bits per heavy atom. The van der Waals surface area contributed by atoms with Crippen LogP contribution < -0.4 is 26.3 Å². The molecule has 0 saturated heterocycles. The van der Waals surface area contributed by atoms with Gasteiger partial charge in [-0.2, -0.15) is 5.06 Å². The van der Waals surface area contributed by atoms with Gasteiger partial charge in [-0.1, -0.05) is 23.5 Å². The summed E-state index contributed by atoms with van der Waals surface area (Å²) in [5.74, 6) is 0.600. The molecule has 2 amide bonds. The third kappa shape index (κ3) is 3.56. The van der Waals surface area contributed by atoms with Gasteiger partial charge in [0.05, 0.1) is 16.4 Å². The van der Waals surface area contributed by atoms with E-state index in [9.17, 15) is 4.79 Å². The highest BCUT2D eigenvalue weighted by atomic mass is 32.1. The van der Waals surface area contributed by atoms with Crippen LogP contribution in [0.2, 0.25) is 0 Å². The van der Waals surface area contributed by atoms with E-state index in [0.29, 0.717) is 16.6 Å². The van der Waals surface area contributed by atoms with Crippen molar-refractivity contribution in [2.24, 2.45) is 4.99 Å². The third-order valence-corrected chi connectivity index (χ3v) is 5.09. The number of carbonyl (C=O) groups excluding carboxylic acids is 1. The van der Waals surface area contributed by atoms with Crippen LogP contribution in [0.25, 0.3) is 10.2 Å². The lowest BCUT2D eigenvalue weighted by Gasteiger charge is -2.22. The molecule has 1 aromatic heterocycles. The number of urea groups is 1. The average Bonchev–Trinajstić information content (AvgIpc) is 3.36. The molecule has 0 atom stereocenters. The van der Waals surface area contributed by atoms with E-state index in [1.807, 2.05) is 24.3 Å². The number of thiazole rings is 1. The van der Waals surface area contributed by atoms with Gasteiger partial charge >= 0.3 is 6.03 Å². The normalized spacial score (nSPS) is 14.4. The standard InChI is InChI=1S/C19H15N7O2S/c27-18(24-19-23-14-3-1-2-4-17(14)29-19)22-12-5-7-13(8-6-12)28-26-11-20-9-15-16(26)10-21-25-15/h1-11,21,25H,(H2,22,23,24,27). The summed E-state index contributed by atoms with van der Waals surface area (Å²) >= 11 is 1.42. The maximum atomic E-state index is 12.2. The first-order valence-corrected chi connectivity index (χ1v) is 9.53. The highest BCUT2D eigenvalue weighted by Gasteiger charge is 2.21. The van der Waals surface area contributed by atoms with Gasteiger partial charge < -0.3 is 15.6 Å². The largest absolute Gasteiger partial charge is 0.374 e. The molecule has 29 heavy (non-hydrogen) atoms. The second-order valence-corrected chi connectivity index (χ2v) is 7.14. The highest BCUT2D eigenvalue weighted by molar-refractivity contribution is 7.22. The first kappa shape index (κ1) is 17.1. The van der Waals surface area contributed by atoms with Crippen molar-refractivity contribution in [2.75, 3.05) is 10.6 Å². The number of aromatic nitrogens is 1. The van der Waals surface area contributed by atoms with Crippen LogP contribution in [0.4, 0.5) is 15.6 Å². The number of amides is 2. The zero-order valence-corrected chi connectivity index (χ0v) is 15.7. The summed E-state index contributed by atoms with van der Waals surface area (Å²) in [4.78, 5) is 26.6. The van der Waals surface area contributed by atoms with Crippen molar-refractivity contribution in [2.45, 2.75) is 0 Å². The molecule has 3 heterocycles. The minimum absolute atomic E-state index is 0.357. The molecule has 0 saturated carbocycles. The van der Waals surface area contributed by atoms with Crippen LogP contribution in [-0.4, -0.2) is 22.4 Å². The number of hydroxylamine groups is 2. The molecular formula is C19H15N7O2S. The summed E-state index contributed by atoms with van der Waals surface area (Å²) in [6, 6.07) is 14.4. The number of benzene rings is 2. The molecule has 10 heteroatoms. The predicted molar refractivity (Wildman–Crippen MR) is 112 cm³/mol. The molecule has 2 aromatic carbocycles. The summed E-state index contributed by atoms with van der Waals surface area (Å²) in [6.45, 7) is 0. The summed E-state index contributed by atoms with van der Waals surface area (Å²) < 4.78 is 1.02. The van der Waals surface area contributed by atoms with E-state index in [4.69, 9.17) is 4.84 Å². The molecule has 0 bridgehead atoms. The van der Waals surface area contributed by atoms with E-state index >= 15 is 0 Å². The number of rotatable bonds is 4. The van der Waals surface area contributed by atoms with Gasteiger partial charge in [0.2, 0.25) is 0 Å². The van der Waals surface area contributed by atoms with Gasteiger partial charge in [0.15, 0.2) is 10.9 Å². The number of aliphatic imine (C=N–C) groups is 1. The lowest BCUT2D eigenvalue weighted by molar-refractivity contribution is 0.0646. The van der Waals surface area contributed by atoms with Gasteiger partial charge in [0.1, 0.15) is 17.7 Å². The van der Waals surface area contributed by atoms with Crippen molar-refractivity contribution in [3.05, 3.63) is 72.3 Å². The second-order valence-electron chi connectivity index (χ2n) is 6.11. The molecule has 3 aromatic rings. The summed E-state index contributed by atoms with van der Waals surface area (Å²) in [6.07, 6.45) is 5.05. The molecular weight excluding hydrogens is 390 g/mol. The number of nitrogens with zero attached hydrogens (tertiary/aromatic N) is 3. The molecule has 0 aliphatic carbocycles. The number of hydrazine groups is 1. The Morgan fingerprint density at radius 3 is 2.83 bits per heavy atom. The Morgan fingerprint density at radius 2 is 1.97 bits per heavy atom. The Kier molecular flexibility index (Phi) is 4.22. The van der Waals surface area contributed by atoms with Crippen molar-refractivity contribution in [3.8, 4) is 5.75 Å². The first-order chi connectivity index (χ1) is 14.2. The third-order valence-electron chi connectivity index (χ3n) is 4.13. The van der Waals surface area contributed by atoms with Crippen molar-refractivity contribution < 1.29 is 9.63 Å².